The summed E-state index contributed by atoms with van der Waals surface area (Å²) in [5.41, 5.74) is -1.37. The predicted molar refractivity (Wildman–Crippen MR) is 126 cm³/mol. The lowest BCUT2D eigenvalue weighted by molar-refractivity contribution is 0.0700. The summed E-state index contributed by atoms with van der Waals surface area (Å²) >= 11 is 18.4. The number of halogens is 3. The number of nitrogens with zero attached hydrogens (tertiary/aromatic N) is 3. The Morgan fingerprint density at radius 2 is 1.85 bits per heavy atom. The number of fused-ring (bicyclic) bond motifs is 2. The molecule has 2 bridgehead atoms. The summed E-state index contributed by atoms with van der Waals surface area (Å²) in [6.45, 7) is 0.690. The molecule has 2 aliphatic rings. The van der Waals surface area contributed by atoms with E-state index >= 15 is 0 Å². The third kappa shape index (κ3) is 4.04. The minimum Gasteiger partial charge on any atom is -0.507 e. The molecule has 1 saturated heterocycles. The van der Waals surface area contributed by atoms with Gasteiger partial charge in [-0.05, 0) is 55.5 Å². The van der Waals surface area contributed by atoms with Crippen LogP contribution in [-0.2, 0) is 0 Å². The number of piperidine rings is 1. The molecule has 1 aromatic heterocycles. The molecule has 2 aromatic carbocycles. The van der Waals surface area contributed by atoms with Gasteiger partial charge in [0, 0.05) is 12.6 Å². The van der Waals surface area contributed by atoms with Crippen molar-refractivity contribution in [2.24, 2.45) is 5.92 Å². The number of aromatic hydroxyl groups is 1. The van der Waals surface area contributed by atoms with Gasteiger partial charge in [0.05, 0.1) is 21.3 Å². The molecule has 34 heavy (non-hydrogen) atoms. The molecule has 1 aliphatic heterocycles. The van der Waals surface area contributed by atoms with E-state index in [0.717, 1.165) is 23.9 Å². The van der Waals surface area contributed by atoms with Crippen LogP contribution in [0, 0.1) is 5.92 Å². The van der Waals surface area contributed by atoms with E-state index in [2.05, 4.69) is 5.10 Å². The van der Waals surface area contributed by atoms with Crippen molar-refractivity contribution in [1.82, 2.24) is 19.7 Å². The molecule has 0 spiro atoms. The Kier molecular flexibility index (Phi) is 5.79. The normalized spacial score (nSPS) is 19.0. The fourth-order valence-electron chi connectivity index (χ4n) is 4.52. The predicted octanol–water partition coefficient (Wildman–Crippen LogP) is 4.00. The highest BCUT2D eigenvalue weighted by Crippen LogP contribution is 2.41. The van der Waals surface area contributed by atoms with Gasteiger partial charge >= 0.3 is 5.69 Å². The molecule has 0 unspecified atom stereocenters. The van der Waals surface area contributed by atoms with E-state index in [0.29, 0.717) is 12.5 Å². The molecule has 1 saturated carbocycles. The van der Waals surface area contributed by atoms with Gasteiger partial charge in [-0.1, -0.05) is 34.8 Å². The number of amides is 1. The Bertz CT molecular complexity index is 1410. The van der Waals surface area contributed by atoms with Crippen LogP contribution in [0.15, 0.2) is 39.9 Å². The van der Waals surface area contributed by atoms with Crippen LogP contribution < -0.4 is 16.0 Å². The van der Waals surface area contributed by atoms with Gasteiger partial charge in [-0.25, -0.2) is 4.79 Å². The number of nitrogens with one attached hydrogen (secondary N) is 1. The molecule has 1 amide bonds. The van der Waals surface area contributed by atoms with Crippen LogP contribution in [0.3, 0.4) is 0 Å². The minimum absolute atomic E-state index is 0.0383. The van der Waals surface area contributed by atoms with E-state index in [1.165, 1.54) is 30.3 Å². The van der Waals surface area contributed by atoms with Gasteiger partial charge < -0.3 is 14.7 Å². The summed E-state index contributed by atoms with van der Waals surface area (Å²) in [6.07, 6.45) is 3.10. The van der Waals surface area contributed by atoms with E-state index in [4.69, 9.17) is 39.5 Å². The van der Waals surface area contributed by atoms with Crippen molar-refractivity contribution in [2.45, 2.75) is 25.3 Å². The second kappa shape index (κ2) is 8.65. The maximum absolute atomic E-state index is 13.1. The molecule has 2 fully saturated rings. The zero-order chi connectivity index (χ0) is 24.1. The Balaban J connectivity index is 1.44. The number of carbonyl (C=O) groups is 1. The molecule has 5 rings (SSSR count). The zero-order valence-electron chi connectivity index (χ0n) is 17.4. The van der Waals surface area contributed by atoms with Crippen LogP contribution in [0.5, 0.6) is 17.2 Å². The Morgan fingerprint density at radius 3 is 2.50 bits per heavy atom. The van der Waals surface area contributed by atoms with Crippen molar-refractivity contribution in [1.29, 1.82) is 0 Å². The van der Waals surface area contributed by atoms with Crippen LogP contribution in [0.25, 0.3) is 5.69 Å². The zero-order valence-corrected chi connectivity index (χ0v) is 19.7. The lowest BCUT2D eigenvalue weighted by atomic mass is 10.1. The van der Waals surface area contributed by atoms with E-state index < -0.39 is 16.4 Å². The lowest BCUT2D eigenvalue weighted by Gasteiger charge is -2.27. The molecule has 2 N–H and O–H groups in total. The summed E-state index contributed by atoms with van der Waals surface area (Å²) in [5.74, 6) is 0.437. The first-order chi connectivity index (χ1) is 16.2. The van der Waals surface area contributed by atoms with E-state index in [1.54, 1.807) is 0 Å². The largest absolute Gasteiger partial charge is 0.507 e. The van der Waals surface area contributed by atoms with Crippen LogP contribution >= 0.6 is 34.8 Å². The van der Waals surface area contributed by atoms with Crippen molar-refractivity contribution in [3.05, 3.63) is 71.9 Å². The van der Waals surface area contributed by atoms with Crippen LogP contribution in [0.2, 0.25) is 15.2 Å². The number of phenolic OH excluding ortho intramolecular Hbond substituents is 1. The topological polar surface area (TPSA) is 118 Å². The lowest BCUT2D eigenvalue weighted by Crippen LogP contribution is -2.37. The number of phenols is 1. The minimum atomic E-state index is -0.826. The molecule has 2 atom stereocenters. The number of aromatic nitrogens is 3. The third-order valence-corrected chi connectivity index (χ3v) is 6.91. The monoisotopic (exact) mass is 522 g/mol. The number of H-pyrrole nitrogens is 1. The Hall–Kier alpha value is -3.01. The standard InChI is InChI=1S/C22H17Cl3N4O5/c23-15-6-12(29-22(33)26-20(31)19(25)27-29)7-16(24)18(15)34-13-3-4-17(30)14(8-13)21(32)28-9-10-1-2-11(28)5-10/h3-4,6-8,10-11,30H,1-2,5,9H2,(H,26,31,33)/t10-,11+/m0/s1. The molecular formula is C22H17Cl3N4O5. The van der Waals surface area contributed by atoms with Crippen LogP contribution in [0.1, 0.15) is 29.6 Å². The number of likely N-dealkylation sites (tertiary alicyclic amines) is 1. The average molecular weight is 524 g/mol. The van der Waals surface area contributed by atoms with Gasteiger partial charge in [-0.2, -0.15) is 4.68 Å². The highest BCUT2D eigenvalue weighted by molar-refractivity contribution is 6.37. The van der Waals surface area contributed by atoms with Gasteiger partial charge in [0.1, 0.15) is 11.5 Å². The van der Waals surface area contributed by atoms with Gasteiger partial charge in [0.15, 0.2) is 5.75 Å². The van der Waals surface area contributed by atoms with E-state index in [-0.39, 0.29) is 50.5 Å². The van der Waals surface area contributed by atoms with Gasteiger partial charge in [0.25, 0.3) is 11.5 Å². The summed E-state index contributed by atoms with van der Waals surface area (Å²) in [7, 11) is 0. The number of ether oxygens (including phenoxy) is 1. The number of carbonyl (C=O) groups excluding carboxylic acids is 1. The maximum atomic E-state index is 13.1. The highest BCUT2D eigenvalue weighted by Gasteiger charge is 2.41. The van der Waals surface area contributed by atoms with Crippen molar-refractivity contribution in [2.75, 3.05) is 6.54 Å². The first-order valence-electron chi connectivity index (χ1n) is 10.4. The highest BCUT2D eigenvalue weighted by atomic mass is 35.5. The molecular weight excluding hydrogens is 507 g/mol. The molecule has 1 aliphatic carbocycles. The summed E-state index contributed by atoms with van der Waals surface area (Å²) in [4.78, 5) is 40.5. The summed E-state index contributed by atoms with van der Waals surface area (Å²) < 4.78 is 6.68. The van der Waals surface area contributed by atoms with Gasteiger partial charge in [-0.15, -0.1) is 5.10 Å². The summed E-state index contributed by atoms with van der Waals surface area (Å²) in [5, 5.41) is 13.7. The fraction of sp³-hybridized carbons (Fsp3) is 0.273. The average Bonchev–Trinajstić information content (AvgIpc) is 3.43. The van der Waals surface area contributed by atoms with Crippen LogP contribution in [0.4, 0.5) is 0 Å². The molecule has 12 heteroatoms. The number of hydrogen-bond donors (Lipinski definition) is 2. The number of rotatable bonds is 4. The second-order valence-corrected chi connectivity index (χ2v) is 9.44. The molecule has 9 nitrogen and oxygen atoms in total. The molecule has 3 aromatic rings. The van der Waals surface area contributed by atoms with Gasteiger partial charge in [-0.3, -0.25) is 14.6 Å². The van der Waals surface area contributed by atoms with Crippen molar-refractivity contribution >= 4 is 40.7 Å². The first-order valence-corrected chi connectivity index (χ1v) is 11.5. The third-order valence-electron chi connectivity index (χ3n) is 6.10. The molecule has 176 valence electrons. The molecule has 0 radical (unpaired) electrons. The number of hydrogen-bond acceptors (Lipinski definition) is 6. The second-order valence-electron chi connectivity index (χ2n) is 8.27. The van der Waals surface area contributed by atoms with E-state index in [9.17, 15) is 19.5 Å². The van der Waals surface area contributed by atoms with E-state index in [1.807, 2.05) is 9.88 Å². The SMILES string of the molecule is O=C(c1cc(Oc2c(Cl)cc(-n3nc(Cl)c(=O)[nH]c3=O)cc2Cl)ccc1O)N1C[C@H]2CC[C@@H]1C2. The van der Waals surface area contributed by atoms with Crippen molar-refractivity contribution < 1.29 is 14.6 Å². The Morgan fingerprint density at radius 1 is 1.12 bits per heavy atom. The first kappa shape index (κ1) is 22.8. The smallest absolute Gasteiger partial charge is 0.349 e. The van der Waals surface area contributed by atoms with Crippen LogP contribution in [-0.4, -0.2) is 43.3 Å². The van der Waals surface area contributed by atoms with Crippen molar-refractivity contribution in [3.63, 3.8) is 0 Å². The number of benzene rings is 2. The maximum Gasteiger partial charge on any atom is 0.349 e. The summed E-state index contributed by atoms with van der Waals surface area (Å²) in [6, 6.07) is 7.22. The fourth-order valence-corrected chi connectivity index (χ4v) is 5.19. The number of aromatic amines is 1. The van der Waals surface area contributed by atoms with Crippen molar-refractivity contribution in [3.8, 4) is 22.9 Å². The molecule has 2 heterocycles. The quantitative estimate of drug-likeness (QED) is 0.534. The van der Waals surface area contributed by atoms with Gasteiger partial charge in [0.2, 0.25) is 5.15 Å². The Labute approximate surface area is 207 Å².